The molecule has 3 nitrogen and oxygen atoms in total. The van der Waals surface area contributed by atoms with Crippen LogP contribution in [0.5, 0.6) is 0 Å². The lowest BCUT2D eigenvalue weighted by Crippen LogP contribution is -2.15. The Morgan fingerprint density at radius 1 is 1.17 bits per heavy atom. The Labute approximate surface area is 142 Å². The minimum absolute atomic E-state index is 0.488. The van der Waals surface area contributed by atoms with Crippen molar-refractivity contribution in [2.75, 3.05) is 17.6 Å². The number of halogens is 1. The van der Waals surface area contributed by atoms with Gasteiger partial charge >= 0.3 is 0 Å². The Bertz CT molecular complexity index is 716. The van der Waals surface area contributed by atoms with Crippen LogP contribution >= 0.6 is 0 Å². The average molecular weight is 328 g/mol. The predicted molar refractivity (Wildman–Crippen MR) is 97.6 cm³/mol. The van der Waals surface area contributed by atoms with Crippen LogP contribution in [0.25, 0.3) is 11.1 Å². The summed E-state index contributed by atoms with van der Waals surface area (Å²) in [6, 6.07) is 11.4. The number of hydrogen-bond donors (Lipinski definition) is 3. The molecule has 0 aliphatic heterocycles. The quantitative estimate of drug-likeness (QED) is 0.686. The first-order valence-electron chi connectivity index (χ1n) is 8.44. The number of aliphatic hydroxyl groups is 1. The highest BCUT2D eigenvalue weighted by atomic mass is 19.1. The van der Waals surface area contributed by atoms with Crippen LogP contribution < -0.4 is 11.1 Å². The molecule has 0 aromatic heterocycles. The van der Waals surface area contributed by atoms with Gasteiger partial charge in [-0.15, -0.1) is 0 Å². The van der Waals surface area contributed by atoms with E-state index in [2.05, 4.69) is 5.32 Å². The highest BCUT2D eigenvalue weighted by Crippen LogP contribution is 2.36. The van der Waals surface area contributed by atoms with Gasteiger partial charge < -0.3 is 16.2 Å². The first kappa shape index (κ1) is 16.8. The van der Waals surface area contributed by atoms with Crippen LogP contribution in [0.2, 0.25) is 0 Å². The van der Waals surface area contributed by atoms with Gasteiger partial charge in [0.15, 0.2) is 0 Å². The first-order valence-corrected chi connectivity index (χ1v) is 8.44. The second kappa shape index (κ2) is 6.44. The smallest absolute Gasteiger partial charge is 0.117 e. The van der Waals surface area contributed by atoms with Crippen LogP contribution in [-0.2, 0) is 12.3 Å². The van der Waals surface area contributed by atoms with E-state index in [9.17, 15) is 9.50 Å². The van der Waals surface area contributed by atoms with Gasteiger partial charge in [0, 0.05) is 12.1 Å². The minimum Gasteiger partial charge on any atom is -0.397 e. The second-order valence-electron chi connectivity index (χ2n) is 7.15. The number of hydrogen-bond acceptors (Lipinski definition) is 3. The summed E-state index contributed by atoms with van der Waals surface area (Å²) in [5, 5.41) is 13.4. The van der Waals surface area contributed by atoms with Gasteiger partial charge in [-0.2, -0.15) is 0 Å². The molecule has 0 spiro atoms. The number of anilines is 2. The molecule has 0 heterocycles. The molecule has 4 heteroatoms. The summed E-state index contributed by atoms with van der Waals surface area (Å²) in [4.78, 5) is 0. The Morgan fingerprint density at radius 3 is 2.38 bits per heavy atom. The minimum atomic E-state index is -0.892. The highest BCUT2D eigenvalue weighted by molar-refractivity contribution is 5.81. The van der Waals surface area contributed by atoms with Crippen molar-refractivity contribution in [3.8, 4) is 11.1 Å². The van der Waals surface area contributed by atoms with Gasteiger partial charge in [0.2, 0.25) is 0 Å². The fourth-order valence-corrected chi connectivity index (χ4v) is 2.87. The summed E-state index contributed by atoms with van der Waals surface area (Å²) in [5.74, 6) is 0.729. The summed E-state index contributed by atoms with van der Waals surface area (Å²) >= 11 is 0. The van der Waals surface area contributed by atoms with E-state index in [0.29, 0.717) is 11.3 Å². The summed E-state index contributed by atoms with van der Waals surface area (Å²) in [5.41, 5.74) is 9.65. The number of alkyl halides is 1. The summed E-state index contributed by atoms with van der Waals surface area (Å²) in [6.45, 7) is 3.78. The van der Waals surface area contributed by atoms with Crippen LogP contribution in [0.1, 0.15) is 37.8 Å². The largest absolute Gasteiger partial charge is 0.397 e. The fourth-order valence-electron chi connectivity index (χ4n) is 2.87. The number of nitrogens with one attached hydrogen (secondary N) is 1. The Balaban J connectivity index is 1.90. The molecular weight excluding hydrogens is 303 g/mol. The van der Waals surface area contributed by atoms with Crippen LogP contribution in [0.3, 0.4) is 0 Å². The van der Waals surface area contributed by atoms with Crippen molar-refractivity contribution in [3.63, 3.8) is 0 Å². The molecule has 0 radical (unpaired) electrons. The van der Waals surface area contributed by atoms with Crippen molar-refractivity contribution >= 4 is 11.4 Å². The predicted octanol–water partition coefficient (Wildman–Crippen LogP) is 4.45. The lowest BCUT2D eigenvalue weighted by Gasteiger charge is -2.19. The van der Waals surface area contributed by atoms with E-state index in [4.69, 9.17) is 5.73 Å². The average Bonchev–Trinajstić information content (AvgIpc) is 3.37. The Kier molecular flexibility index (Phi) is 4.50. The van der Waals surface area contributed by atoms with E-state index < -0.39 is 12.3 Å². The number of benzene rings is 2. The molecule has 0 amide bonds. The lowest BCUT2D eigenvalue weighted by atomic mass is 9.93. The third-order valence-electron chi connectivity index (χ3n) is 4.67. The topological polar surface area (TPSA) is 58.3 Å². The maximum absolute atomic E-state index is 13.6. The van der Waals surface area contributed by atoms with E-state index in [0.717, 1.165) is 34.8 Å². The van der Waals surface area contributed by atoms with Crippen molar-refractivity contribution in [1.82, 2.24) is 0 Å². The molecule has 1 aliphatic carbocycles. The molecule has 2 aromatic carbocycles. The van der Waals surface area contributed by atoms with Gasteiger partial charge in [-0.05, 0) is 55.4 Å². The van der Waals surface area contributed by atoms with E-state index in [1.54, 1.807) is 13.8 Å². The molecule has 0 atom stereocenters. The highest BCUT2D eigenvalue weighted by Gasteiger charge is 2.22. The molecule has 0 unspecified atom stereocenters. The molecule has 0 saturated heterocycles. The Morgan fingerprint density at radius 2 is 1.83 bits per heavy atom. The third kappa shape index (κ3) is 3.54. The maximum atomic E-state index is 13.6. The van der Waals surface area contributed by atoms with Gasteiger partial charge in [0.1, 0.15) is 6.67 Å². The second-order valence-corrected chi connectivity index (χ2v) is 7.15. The van der Waals surface area contributed by atoms with E-state index in [1.807, 2.05) is 36.4 Å². The van der Waals surface area contributed by atoms with Gasteiger partial charge in [0.25, 0.3) is 0 Å². The number of rotatable bonds is 6. The first-order chi connectivity index (χ1) is 11.4. The van der Waals surface area contributed by atoms with Crippen LogP contribution in [0, 0.1) is 5.92 Å². The molecular formula is C20H25FN2O. The fraction of sp³-hybridized carbons (Fsp3) is 0.400. The molecule has 128 valence electrons. The zero-order valence-corrected chi connectivity index (χ0v) is 14.3. The Hall–Kier alpha value is -2.07. The van der Waals surface area contributed by atoms with Gasteiger partial charge in [0.05, 0.1) is 17.0 Å². The van der Waals surface area contributed by atoms with E-state index in [-0.39, 0.29) is 0 Å². The number of nitrogen functional groups attached to an aromatic ring is 1. The third-order valence-corrected chi connectivity index (χ3v) is 4.67. The van der Waals surface area contributed by atoms with Crippen molar-refractivity contribution in [3.05, 3.63) is 47.5 Å². The molecule has 2 aromatic rings. The maximum Gasteiger partial charge on any atom is 0.117 e. The standard InChI is InChI=1S/C20H25FN2O/c1-20(2,24)15-7-5-14(6-8-15)16-9-10-18(19(22)17(16)11-21)23-12-13-3-4-13/h5-10,13,23-24H,3-4,11-12,22H2,1-2H3. The SMILES string of the molecule is CC(C)(O)c1ccc(-c2ccc(NCC3CC3)c(N)c2CF)cc1. The molecule has 0 bridgehead atoms. The van der Waals surface area contributed by atoms with Crippen molar-refractivity contribution in [1.29, 1.82) is 0 Å². The van der Waals surface area contributed by atoms with Crippen LogP contribution in [0.15, 0.2) is 36.4 Å². The normalized spacial score (nSPS) is 14.7. The number of nitrogens with two attached hydrogens (primary N) is 1. The summed E-state index contributed by atoms with van der Waals surface area (Å²) in [7, 11) is 0. The van der Waals surface area contributed by atoms with Gasteiger partial charge in [-0.3, -0.25) is 0 Å². The summed E-state index contributed by atoms with van der Waals surface area (Å²) < 4.78 is 13.6. The molecule has 24 heavy (non-hydrogen) atoms. The zero-order valence-electron chi connectivity index (χ0n) is 14.3. The molecule has 1 saturated carbocycles. The lowest BCUT2D eigenvalue weighted by molar-refractivity contribution is 0.0786. The zero-order chi connectivity index (χ0) is 17.3. The van der Waals surface area contributed by atoms with Crippen molar-refractivity contribution in [2.24, 2.45) is 5.92 Å². The molecule has 3 rings (SSSR count). The molecule has 4 N–H and O–H groups in total. The van der Waals surface area contributed by atoms with Crippen molar-refractivity contribution < 1.29 is 9.50 Å². The molecule has 1 fully saturated rings. The van der Waals surface area contributed by atoms with E-state index >= 15 is 0 Å². The van der Waals surface area contributed by atoms with Gasteiger partial charge in [-0.25, -0.2) is 4.39 Å². The van der Waals surface area contributed by atoms with Crippen molar-refractivity contribution in [2.45, 2.75) is 39.0 Å². The monoisotopic (exact) mass is 328 g/mol. The molecule has 1 aliphatic rings. The van der Waals surface area contributed by atoms with E-state index in [1.165, 1.54) is 12.8 Å². The van der Waals surface area contributed by atoms with Gasteiger partial charge in [-0.1, -0.05) is 30.3 Å². The van der Waals surface area contributed by atoms with Crippen LogP contribution in [0.4, 0.5) is 15.8 Å². The van der Waals surface area contributed by atoms with Crippen LogP contribution in [-0.4, -0.2) is 11.7 Å². The summed E-state index contributed by atoms with van der Waals surface area (Å²) in [6.07, 6.45) is 2.52.